The summed E-state index contributed by atoms with van der Waals surface area (Å²) in [6, 6.07) is 4.90. The van der Waals surface area contributed by atoms with Crippen LogP contribution in [-0.2, 0) is 6.42 Å². The number of aryl methyl sites for hydroxylation is 1. The van der Waals surface area contributed by atoms with Gasteiger partial charge in [-0.25, -0.2) is 0 Å². The number of phenols is 1. The Morgan fingerprint density at radius 3 is 2.67 bits per heavy atom. The molecule has 0 saturated heterocycles. The van der Waals surface area contributed by atoms with Crippen LogP contribution in [0, 0.1) is 0 Å². The molecule has 0 aliphatic rings. The minimum Gasteiger partial charge on any atom is -0.508 e. The lowest BCUT2D eigenvalue weighted by molar-refractivity contribution is 0.101. The Labute approximate surface area is 71.8 Å². The SMILES string of the molecule is CCc1ccc(O)cc1C(C)=O. The summed E-state index contributed by atoms with van der Waals surface area (Å²) in [5.74, 6) is 0.153. The third kappa shape index (κ3) is 1.64. The quantitative estimate of drug-likeness (QED) is 0.680. The Morgan fingerprint density at radius 2 is 2.17 bits per heavy atom. The average Bonchev–Trinajstić information content (AvgIpc) is 2.04. The number of rotatable bonds is 2. The molecule has 64 valence electrons. The lowest BCUT2D eigenvalue weighted by Crippen LogP contribution is -1.97. The summed E-state index contributed by atoms with van der Waals surface area (Å²) in [5, 5.41) is 9.13. The van der Waals surface area contributed by atoms with Crippen molar-refractivity contribution in [2.45, 2.75) is 20.3 Å². The maximum absolute atomic E-state index is 11.1. The van der Waals surface area contributed by atoms with Crippen LogP contribution in [0.4, 0.5) is 0 Å². The van der Waals surface area contributed by atoms with Gasteiger partial charge in [0.25, 0.3) is 0 Å². The number of Topliss-reactive ketones (excluding diaryl/α,β-unsaturated/α-hetero) is 1. The number of hydrogen-bond donors (Lipinski definition) is 1. The van der Waals surface area contributed by atoms with Crippen LogP contribution in [0.1, 0.15) is 29.8 Å². The van der Waals surface area contributed by atoms with Gasteiger partial charge >= 0.3 is 0 Å². The van der Waals surface area contributed by atoms with Crippen LogP contribution in [0.2, 0.25) is 0 Å². The summed E-state index contributed by atoms with van der Waals surface area (Å²) in [4.78, 5) is 11.1. The molecule has 0 unspecified atom stereocenters. The molecule has 2 nitrogen and oxygen atoms in total. The minimum absolute atomic E-state index is 0.00255. The number of carbonyl (C=O) groups is 1. The third-order valence-electron chi connectivity index (χ3n) is 1.85. The average molecular weight is 164 g/mol. The number of carbonyl (C=O) groups excluding carboxylic acids is 1. The molecule has 0 aliphatic carbocycles. The van der Waals surface area contributed by atoms with E-state index in [1.54, 1.807) is 12.1 Å². The number of ketones is 1. The molecule has 0 amide bonds. The standard InChI is InChI=1S/C10H12O2/c1-3-8-4-5-9(12)6-10(8)7(2)11/h4-6,12H,3H2,1-2H3. The molecule has 0 aliphatic heterocycles. The molecule has 0 saturated carbocycles. The topological polar surface area (TPSA) is 37.3 Å². The zero-order chi connectivity index (χ0) is 9.14. The highest BCUT2D eigenvalue weighted by Crippen LogP contribution is 2.17. The fraction of sp³-hybridized carbons (Fsp3) is 0.300. The van der Waals surface area contributed by atoms with E-state index in [2.05, 4.69) is 0 Å². The fourth-order valence-corrected chi connectivity index (χ4v) is 1.20. The van der Waals surface area contributed by atoms with E-state index in [-0.39, 0.29) is 11.5 Å². The summed E-state index contributed by atoms with van der Waals surface area (Å²) in [6.45, 7) is 3.49. The summed E-state index contributed by atoms with van der Waals surface area (Å²) in [7, 11) is 0. The molecule has 2 heteroatoms. The van der Waals surface area contributed by atoms with Gasteiger partial charge in [0.2, 0.25) is 0 Å². The molecule has 0 atom stereocenters. The van der Waals surface area contributed by atoms with Crippen LogP contribution in [-0.4, -0.2) is 10.9 Å². The van der Waals surface area contributed by atoms with Crippen molar-refractivity contribution in [3.63, 3.8) is 0 Å². The highest BCUT2D eigenvalue weighted by molar-refractivity contribution is 5.95. The van der Waals surface area contributed by atoms with Gasteiger partial charge in [-0.1, -0.05) is 13.0 Å². The first-order chi connectivity index (χ1) is 5.65. The summed E-state index contributed by atoms with van der Waals surface area (Å²) >= 11 is 0. The highest BCUT2D eigenvalue weighted by atomic mass is 16.3. The van der Waals surface area contributed by atoms with Gasteiger partial charge in [-0.05, 0) is 31.0 Å². The van der Waals surface area contributed by atoms with E-state index < -0.39 is 0 Å². The molecule has 0 spiro atoms. The first-order valence-corrected chi connectivity index (χ1v) is 3.98. The summed E-state index contributed by atoms with van der Waals surface area (Å²) in [6.07, 6.45) is 0.815. The molecule has 1 N–H and O–H groups in total. The molecule has 0 fully saturated rings. The molecule has 0 aromatic heterocycles. The van der Waals surface area contributed by atoms with Gasteiger partial charge in [-0.3, -0.25) is 4.79 Å². The Hall–Kier alpha value is -1.31. The molecule has 1 aromatic carbocycles. The van der Waals surface area contributed by atoms with Crippen molar-refractivity contribution in [2.75, 3.05) is 0 Å². The van der Waals surface area contributed by atoms with Crippen LogP contribution in [0.3, 0.4) is 0 Å². The van der Waals surface area contributed by atoms with E-state index in [0.717, 1.165) is 12.0 Å². The van der Waals surface area contributed by atoms with Gasteiger partial charge in [0.05, 0.1) is 0 Å². The molecular weight excluding hydrogens is 152 g/mol. The Kier molecular flexibility index (Phi) is 2.48. The van der Waals surface area contributed by atoms with Crippen LogP contribution < -0.4 is 0 Å². The van der Waals surface area contributed by atoms with Crippen LogP contribution >= 0.6 is 0 Å². The van der Waals surface area contributed by atoms with Gasteiger partial charge < -0.3 is 5.11 Å². The molecule has 0 radical (unpaired) electrons. The van der Waals surface area contributed by atoms with Crippen molar-refractivity contribution in [1.29, 1.82) is 0 Å². The predicted molar refractivity (Wildman–Crippen MR) is 47.5 cm³/mol. The number of phenolic OH excluding ortho intramolecular Hbond substituents is 1. The maximum atomic E-state index is 11.1. The smallest absolute Gasteiger partial charge is 0.160 e. The van der Waals surface area contributed by atoms with Crippen molar-refractivity contribution in [2.24, 2.45) is 0 Å². The van der Waals surface area contributed by atoms with Crippen molar-refractivity contribution >= 4 is 5.78 Å². The second-order valence-electron chi connectivity index (χ2n) is 2.75. The van der Waals surface area contributed by atoms with Gasteiger partial charge in [-0.15, -0.1) is 0 Å². The summed E-state index contributed by atoms with van der Waals surface area (Å²) in [5.41, 5.74) is 1.61. The number of benzene rings is 1. The number of aromatic hydroxyl groups is 1. The maximum Gasteiger partial charge on any atom is 0.160 e. The Bertz CT molecular complexity index is 303. The van der Waals surface area contributed by atoms with Crippen molar-refractivity contribution < 1.29 is 9.90 Å². The molecule has 12 heavy (non-hydrogen) atoms. The van der Waals surface area contributed by atoms with E-state index in [1.807, 2.05) is 6.92 Å². The normalized spacial score (nSPS) is 9.83. The molecule has 1 aromatic rings. The van der Waals surface area contributed by atoms with Crippen LogP contribution in [0.5, 0.6) is 5.75 Å². The zero-order valence-electron chi connectivity index (χ0n) is 7.29. The molecule has 0 bridgehead atoms. The second-order valence-corrected chi connectivity index (χ2v) is 2.75. The summed E-state index contributed by atoms with van der Waals surface area (Å²) < 4.78 is 0. The van der Waals surface area contributed by atoms with E-state index in [0.29, 0.717) is 5.56 Å². The highest BCUT2D eigenvalue weighted by Gasteiger charge is 2.05. The van der Waals surface area contributed by atoms with Crippen LogP contribution in [0.15, 0.2) is 18.2 Å². The lowest BCUT2D eigenvalue weighted by Gasteiger charge is -2.03. The minimum atomic E-state index is 0.00255. The van der Waals surface area contributed by atoms with E-state index in [1.165, 1.54) is 13.0 Å². The molecule has 1 rings (SSSR count). The first-order valence-electron chi connectivity index (χ1n) is 3.98. The molecule has 0 heterocycles. The lowest BCUT2D eigenvalue weighted by atomic mass is 10.0. The predicted octanol–water partition coefficient (Wildman–Crippen LogP) is 2.16. The van der Waals surface area contributed by atoms with Gasteiger partial charge in [0, 0.05) is 5.56 Å². The first kappa shape index (κ1) is 8.78. The second kappa shape index (κ2) is 3.39. The largest absolute Gasteiger partial charge is 0.508 e. The van der Waals surface area contributed by atoms with Gasteiger partial charge in [0.1, 0.15) is 5.75 Å². The zero-order valence-corrected chi connectivity index (χ0v) is 7.29. The number of hydrogen-bond acceptors (Lipinski definition) is 2. The fourth-order valence-electron chi connectivity index (χ4n) is 1.20. The van der Waals surface area contributed by atoms with Gasteiger partial charge in [0.15, 0.2) is 5.78 Å². The third-order valence-corrected chi connectivity index (χ3v) is 1.85. The van der Waals surface area contributed by atoms with E-state index >= 15 is 0 Å². The van der Waals surface area contributed by atoms with Crippen molar-refractivity contribution in [3.05, 3.63) is 29.3 Å². The van der Waals surface area contributed by atoms with Crippen LogP contribution in [0.25, 0.3) is 0 Å². The Morgan fingerprint density at radius 1 is 1.50 bits per heavy atom. The monoisotopic (exact) mass is 164 g/mol. The Balaban J connectivity index is 3.21. The van der Waals surface area contributed by atoms with Crippen molar-refractivity contribution in [3.8, 4) is 5.75 Å². The van der Waals surface area contributed by atoms with E-state index in [9.17, 15) is 4.79 Å². The van der Waals surface area contributed by atoms with E-state index in [4.69, 9.17) is 5.11 Å². The van der Waals surface area contributed by atoms with Crippen molar-refractivity contribution in [1.82, 2.24) is 0 Å². The van der Waals surface area contributed by atoms with Gasteiger partial charge in [-0.2, -0.15) is 0 Å². The molecular formula is C10H12O2.